The summed E-state index contributed by atoms with van der Waals surface area (Å²) in [6, 6.07) is 42.7. The molecule has 0 aliphatic rings. The third-order valence-electron chi connectivity index (χ3n) is 4.78. The van der Waals surface area contributed by atoms with Crippen molar-refractivity contribution in [3.8, 4) is 0 Å². The molecule has 4 aromatic carbocycles. The first-order valence-electron chi connectivity index (χ1n) is 9.87. The normalized spacial score (nSPS) is 10.1. The van der Waals surface area contributed by atoms with Crippen LogP contribution in [0.5, 0.6) is 0 Å². The molecule has 0 aliphatic carbocycles. The number of aromatic nitrogens is 1. The van der Waals surface area contributed by atoms with Gasteiger partial charge in [-0.3, -0.25) is 4.98 Å². The Labute approximate surface area is 190 Å². The van der Waals surface area contributed by atoms with Crippen LogP contribution < -0.4 is 10.7 Å². The molecule has 0 bridgehead atoms. The van der Waals surface area contributed by atoms with E-state index in [0.717, 1.165) is 15.8 Å². The van der Waals surface area contributed by atoms with E-state index in [1.807, 2.05) is 30.3 Å². The maximum absolute atomic E-state index is 5.09. The molecule has 0 saturated heterocycles. The summed E-state index contributed by atoms with van der Waals surface area (Å²) in [5.41, 5.74) is 0.921. The quantitative estimate of drug-likeness (QED) is 0.265. The number of nitrogens with zero attached hydrogens (tertiary/aromatic N) is 1. The van der Waals surface area contributed by atoms with Gasteiger partial charge in [-0.25, -0.2) is 0 Å². The minimum atomic E-state index is -1.98. The van der Waals surface area contributed by atoms with Crippen LogP contribution in [0.3, 0.4) is 0 Å². The zero-order valence-corrected chi connectivity index (χ0v) is 20.2. The van der Waals surface area contributed by atoms with Crippen LogP contribution in [0, 0.1) is 0 Å². The average Bonchev–Trinajstić information content (AvgIpc) is 2.82. The molecule has 0 unspecified atom stereocenters. The average molecular weight is 510 g/mol. The second-order valence-corrected chi connectivity index (χ2v) is 14.3. The molecule has 0 saturated carbocycles. The fourth-order valence-electron chi connectivity index (χ4n) is 3.39. The standard InChI is InChI=1S/C9H7NS.3C6H5.Sn/c11-8-5-1-3-7-4-2-6-10-9(7)8;3*1-2-4-6-5-3-1;/h1-6,11H;3*1-5H;/q;;;;+1/p-1. The van der Waals surface area contributed by atoms with E-state index in [2.05, 4.69) is 96.0 Å². The molecule has 0 aliphatic heterocycles. The van der Waals surface area contributed by atoms with E-state index >= 15 is 0 Å². The van der Waals surface area contributed by atoms with Gasteiger partial charge in [-0.05, 0) is 11.5 Å². The number of fused-ring (bicyclic) bond motifs is 1. The fourth-order valence-corrected chi connectivity index (χ4v) is 11.0. The molecule has 0 radical (unpaired) electrons. The summed E-state index contributed by atoms with van der Waals surface area (Å²) in [6.45, 7) is 0. The van der Waals surface area contributed by atoms with Crippen molar-refractivity contribution in [3.63, 3.8) is 0 Å². The van der Waals surface area contributed by atoms with Gasteiger partial charge in [0, 0.05) is 6.20 Å². The first-order valence-corrected chi connectivity index (χ1v) is 14.6. The molecule has 0 spiro atoms. The minimum absolute atomic E-state index is 0.822. The summed E-state index contributed by atoms with van der Waals surface area (Å²) in [4.78, 5) is 5.00. The van der Waals surface area contributed by atoms with Crippen molar-refractivity contribution in [2.45, 2.75) is 4.90 Å². The Balaban J connectivity index is 0.000000168. The van der Waals surface area contributed by atoms with Crippen LogP contribution in [0.25, 0.3) is 10.9 Å². The van der Waals surface area contributed by atoms with Crippen molar-refractivity contribution in [1.29, 1.82) is 0 Å². The summed E-state index contributed by atoms with van der Waals surface area (Å²) in [5.74, 6) is 0. The number of hydrogen-bond acceptors (Lipinski definition) is 2. The summed E-state index contributed by atoms with van der Waals surface area (Å²) in [5, 5.41) is 1.11. The molecule has 144 valence electrons. The topological polar surface area (TPSA) is 12.9 Å². The monoisotopic (exact) mass is 511 g/mol. The summed E-state index contributed by atoms with van der Waals surface area (Å²) >= 11 is 3.11. The van der Waals surface area contributed by atoms with E-state index < -0.39 is 19.8 Å². The molecule has 1 heterocycles. The van der Waals surface area contributed by atoms with Crippen molar-refractivity contribution in [2.24, 2.45) is 0 Å². The predicted octanol–water partition coefficient (Wildman–Crippen LogP) is 4.34. The number of pyridine rings is 1. The third kappa shape index (κ3) is 5.07. The Morgan fingerprint density at radius 3 is 1.43 bits per heavy atom. The van der Waals surface area contributed by atoms with Gasteiger partial charge in [-0.1, -0.05) is 24.3 Å². The van der Waals surface area contributed by atoms with Gasteiger partial charge in [0.25, 0.3) is 0 Å². The zero-order chi connectivity index (χ0) is 20.6. The van der Waals surface area contributed by atoms with Crippen LogP contribution in [0.2, 0.25) is 0 Å². The van der Waals surface area contributed by atoms with Crippen molar-refractivity contribution in [1.82, 2.24) is 4.98 Å². The van der Waals surface area contributed by atoms with Gasteiger partial charge in [-0.2, -0.15) is 0 Å². The number of hydrogen-bond donors (Lipinski definition) is 0. The van der Waals surface area contributed by atoms with Crippen LogP contribution in [0.1, 0.15) is 0 Å². The second kappa shape index (κ2) is 10.4. The van der Waals surface area contributed by atoms with Crippen molar-refractivity contribution in [2.75, 3.05) is 0 Å². The molecular weight excluding hydrogens is 489 g/mol. The first kappa shape index (κ1) is 20.6. The Bertz CT molecular complexity index is 1100. The van der Waals surface area contributed by atoms with Gasteiger partial charge < -0.3 is 12.6 Å². The van der Waals surface area contributed by atoms with E-state index in [0.29, 0.717) is 0 Å². The number of benzene rings is 4. The van der Waals surface area contributed by atoms with Crippen LogP contribution in [0.15, 0.2) is 132 Å². The van der Waals surface area contributed by atoms with Crippen LogP contribution in [-0.2, 0) is 12.6 Å². The molecule has 0 amide bonds. The number of rotatable bonds is 3. The van der Waals surface area contributed by atoms with Gasteiger partial charge in [0.15, 0.2) is 0 Å². The maximum atomic E-state index is 5.09. The molecule has 1 nitrogen and oxygen atoms in total. The van der Waals surface area contributed by atoms with Crippen molar-refractivity contribution >= 4 is 54.0 Å². The van der Waals surface area contributed by atoms with Gasteiger partial charge in [0.1, 0.15) is 0 Å². The third-order valence-corrected chi connectivity index (χ3v) is 12.9. The SMILES string of the molecule is [S-]c1cccc2cccnc12.c1cc[c]([Sn+]([c]2ccccc2)[c]2ccccc2)cc1. The molecule has 0 N–H and O–H groups in total. The number of para-hydroxylation sites is 1. The Kier molecular flexibility index (Phi) is 7.11. The molecule has 5 aromatic rings. The van der Waals surface area contributed by atoms with Crippen LogP contribution in [-0.4, -0.2) is 24.7 Å². The summed E-state index contributed by atoms with van der Waals surface area (Å²) < 4.78 is 4.59. The molecular formula is C27H21NSSn. The van der Waals surface area contributed by atoms with Gasteiger partial charge in [-0.15, -0.1) is 4.90 Å². The molecule has 30 heavy (non-hydrogen) atoms. The molecule has 0 fully saturated rings. The van der Waals surface area contributed by atoms with Crippen molar-refractivity contribution < 1.29 is 0 Å². The fraction of sp³-hybridized carbons (Fsp3) is 0. The van der Waals surface area contributed by atoms with Crippen LogP contribution >= 0.6 is 0 Å². The van der Waals surface area contributed by atoms with Crippen LogP contribution in [0.4, 0.5) is 0 Å². The summed E-state index contributed by atoms with van der Waals surface area (Å²) in [7, 11) is 0. The van der Waals surface area contributed by atoms with E-state index in [9.17, 15) is 0 Å². The molecule has 3 heteroatoms. The van der Waals surface area contributed by atoms with Crippen molar-refractivity contribution in [3.05, 3.63) is 128 Å². The van der Waals surface area contributed by atoms with Gasteiger partial charge >= 0.3 is 121 Å². The van der Waals surface area contributed by atoms with E-state index in [-0.39, 0.29) is 0 Å². The van der Waals surface area contributed by atoms with E-state index in [1.165, 1.54) is 10.7 Å². The predicted molar refractivity (Wildman–Crippen MR) is 131 cm³/mol. The van der Waals surface area contributed by atoms with Gasteiger partial charge in [0.2, 0.25) is 0 Å². The Morgan fingerprint density at radius 2 is 0.967 bits per heavy atom. The van der Waals surface area contributed by atoms with E-state index in [1.54, 1.807) is 6.20 Å². The molecule has 5 rings (SSSR count). The molecule has 0 atom stereocenters. The summed E-state index contributed by atoms with van der Waals surface area (Å²) in [6.07, 6.45) is 1.76. The van der Waals surface area contributed by atoms with Gasteiger partial charge in [0.05, 0.1) is 5.52 Å². The zero-order valence-electron chi connectivity index (χ0n) is 16.5. The molecule has 1 aromatic heterocycles. The second-order valence-electron chi connectivity index (χ2n) is 6.80. The van der Waals surface area contributed by atoms with E-state index in [4.69, 9.17) is 12.6 Å². The Morgan fingerprint density at radius 1 is 0.500 bits per heavy atom. The Hall–Kier alpha value is -2.69. The first-order chi connectivity index (χ1) is 14.8.